The molecule has 100 valence electrons. The highest BCUT2D eigenvalue weighted by Gasteiger charge is 2.32. The Kier molecular flexibility index (Phi) is 3.28. The third kappa shape index (κ3) is 2.25. The molecule has 0 amide bonds. The number of aromatic nitrogens is 1. The van der Waals surface area contributed by atoms with Crippen molar-refractivity contribution in [3.63, 3.8) is 0 Å². The van der Waals surface area contributed by atoms with Crippen LogP contribution in [0, 0.1) is 6.92 Å². The molecule has 2 nitrogen and oxygen atoms in total. The van der Waals surface area contributed by atoms with E-state index in [0.717, 1.165) is 11.2 Å². The average Bonchev–Trinajstić information content (AvgIpc) is 2.78. The lowest BCUT2D eigenvalue weighted by molar-refractivity contribution is 0.518. The van der Waals surface area contributed by atoms with Crippen LogP contribution in [0.25, 0.3) is 10.9 Å². The molecule has 3 unspecified atom stereocenters. The minimum absolute atomic E-state index is 0.597. The molecule has 1 fully saturated rings. The Labute approximate surface area is 115 Å². The van der Waals surface area contributed by atoms with Crippen molar-refractivity contribution in [2.45, 2.75) is 51.6 Å². The highest BCUT2D eigenvalue weighted by atomic mass is 15.0. The Morgan fingerprint density at radius 1 is 1.32 bits per heavy atom. The molecule has 2 aromatic rings. The number of nitrogens with one attached hydrogen (secondary N) is 1. The average molecular weight is 254 g/mol. The Hall–Kier alpha value is -1.41. The molecule has 0 radical (unpaired) electrons. The van der Waals surface area contributed by atoms with E-state index < -0.39 is 0 Å². The van der Waals surface area contributed by atoms with Crippen molar-refractivity contribution in [2.24, 2.45) is 0 Å². The predicted molar refractivity (Wildman–Crippen MR) is 80.5 cm³/mol. The molecule has 19 heavy (non-hydrogen) atoms. The lowest BCUT2D eigenvalue weighted by atomic mass is 9.87. The van der Waals surface area contributed by atoms with Crippen molar-refractivity contribution in [3.05, 3.63) is 41.6 Å². The summed E-state index contributed by atoms with van der Waals surface area (Å²) in [5.41, 5.74) is 3.74. The van der Waals surface area contributed by atoms with E-state index >= 15 is 0 Å². The minimum Gasteiger partial charge on any atom is -0.311 e. The number of benzene rings is 1. The Bertz CT molecular complexity index is 591. The van der Waals surface area contributed by atoms with Crippen molar-refractivity contribution >= 4 is 10.9 Å². The van der Waals surface area contributed by atoms with Crippen LogP contribution < -0.4 is 5.32 Å². The number of rotatable bonds is 2. The number of para-hydroxylation sites is 1. The van der Waals surface area contributed by atoms with Gasteiger partial charge >= 0.3 is 0 Å². The maximum Gasteiger partial charge on any atom is 0.0708 e. The summed E-state index contributed by atoms with van der Waals surface area (Å²) in [6, 6.07) is 12.0. The maximum atomic E-state index is 4.66. The van der Waals surface area contributed by atoms with Crippen LogP contribution in [0.2, 0.25) is 0 Å². The molecule has 0 aliphatic carbocycles. The van der Waals surface area contributed by atoms with Crippen molar-refractivity contribution < 1.29 is 0 Å². The molecule has 3 rings (SSSR count). The van der Waals surface area contributed by atoms with Crippen LogP contribution in [0.3, 0.4) is 0 Å². The second-order valence-corrected chi connectivity index (χ2v) is 5.79. The summed E-state index contributed by atoms with van der Waals surface area (Å²) in [6.45, 7) is 6.67. The SMILES string of the molecule is CCC1NC(C)CC1c1cc(C)nc2ccccc12. The minimum atomic E-state index is 0.597. The van der Waals surface area contributed by atoms with Crippen molar-refractivity contribution in [1.29, 1.82) is 0 Å². The van der Waals surface area contributed by atoms with Gasteiger partial charge in [-0.3, -0.25) is 4.98 Å². The van der Waals surface area contributed by atoms with E-state index in [0.29, 0.717) is 18.0 Å². The fraction of sp³-hybridized carbons (Fsp3) is 0.471. The molecule has 1 aliphatic rings. The monoisotopic (exact) mass is 254 g/mol. The van der Waals surface area contributed by atoms with E-state index in [9.17, 15) is 0 Å². The molecule has 1 aromatic heterocycles. The third-order valence-corrected chi connectivity index (χ3v) is 4.31. The Balaban J connectivity index is 2.13. The molecule has 2 heterocycles. The van der Waals surface area contributed by atoms with E-state index in [1.807, 2.05) is 0 Å². The number of hydrogen-bond donors (Lipinski definition) is 1. The zero-order valence-electron chi connectivity index (χ0n) is 12.0. The van der Waals surface area contributed by atoms with Crippen molar-refractivity contribution in [2.75, 3.05) is 0 Å². The first-order valence-corrected chi connectivity index (χ1v) is 7.31. The lowest BCUT2D eigenvalue weighted by Gasteiger charge is -2.20. The largest absolute Gasteiger partial charge is 0.311 e. The number of nitrogens with zero attached hydrogens (tertiary/aromatic N) is 1. The van der Waals surface area contributed by atoms with Gasteiger partial charge in [-0.2, -0.15) is 0 Å². The number of fused-ring (bicyclic) bond motifs is 1. The van der Waals surface area contributed by atoms with Gasteiger partial charge in [-0.25, -0.2) is 0 Å². The standard InChI is InChI=1S/C17H22N2/c1-4-16-15(10-12(3)18-16)14-9-11(2)19-17-8-6-5-7-13(14)17/h5-9,12,15-16,18H,4,10H2,1-3H3. The second-order valence-electron chi connectivity index (χ2n) is 5.79. The normalized spacial score (nSPS) is 27.0. The lowest BCUT2D eigenvalue weighted by Crippen LogP contribution is -2.28. The molecule has 0 saturated carbocycles. The van der Waals surface area contributed by atoms with Gasteiger partial charge in [-0.05, 0) is 44.4 Å². The van der Waals surface area contributed by atoms with Gasteiger partial charge in [0.1, 0.15) is 0 Å². The van der Waals surface area contributed by atoms with Crippen LogP contribution in [0.5, 0.6) is 0 Å². The van der Waals surface area contributed by atoms with E-state index in [-0.39, 0.29) is 0 Å². The molecule has 1 saturated heterocycles. The summed E-state index contributed by atoms with van der Waals surface area (Å²) in [5.74, 6) is 0.617. The van der Waals surface area contributed by atoms with E-state index in [1.54, 1.807) is 0 Å². The topological polar surface area (TPSA) is 24.9 Å². The van der Waals surface area contributed by atoms with Crippen LogP contribution >= 0.6 is 0 Å². The van der Waals surface area contributed by atoms with E-state index in [1.165, 1.54) is 23.8 Å². The van der Waals surface area contributed by atoms with Crippen LogP contribution in [0.15, 0.2) is 30.3 Å². The number of hydrogen-bond acceptors (Lipinski definition) is 2. The van der Waals surface area contributed by atoms with Gasteiger partial charge in [-0.1, -0.05) is 25.1 Å². The fourth-order valence-corrected chi connectivity index (χ4v) is 3.49. The summed E-state index contributed by atoms with van der Waals surface area (Å²) in [6.07, 6.45) is 2.41. The maximum absolute atomic E-state index is 4.66. The fourth-order valence-electron chi connectivity index (χ4n) is 3.49. The summed E-state index contributed by atoms with van der Waals surface area (Å²) in [5, 5.41) is 5.04. The first kappa shape index (κ1) is 12.6. The first-order chi connectivity index (χ1) is 9.19. The molecule has 1 N–H and O–H groups in total. The predicted octanol–water partition coefficient (Wildman–Crippen LogP) is 3.79. The van der Waals surface area contributed by atoms with Gasteiger partial charge in [0.15, 0.2) is 0 Å². The van der Waals surface area contributed by atoms with Crippen molar-refractivity contribution in [1.82, 2.24) is 10.3 Å². The Morgan fingerprint density at radius 2 is 2.11 bits per heavy atom. The molecule has 3 atom stereocenters. The van der Waals surface area contributed by atoms with Gasteiger partial charge in [0, 0.05) is 29.1 Å². The van der Waals surface area contributed by atoms with Gasteiger partial charge in [0.05, 0.1) is 5.52 Å². The smallest absolute Gasteiger partial charge is 0.0708 e. The van der Waals surface area contributed by atoms with Gasteiger partial charge in [0.2, 0.25) is 0 Å². The number of pyridine rings is 1. The van der Waals surface area contributed by atoms with Gasteiger partial charge in [0.25, 0.3) is 0 Å². The molecular weight excluding hydrogens is 232 g/mol. The molecule has 0 bridgehead atoms. The van der Waals surface area contributed by atoms with Crippen LogP contribution in [-0.2, 0) is 0 Å². The molecule has 0 spiro atoms. The quantitative estimate of drug-likeness (QED) is 0.882. The second kappa shape index (κ2) is 4.93. The van der Waals surface area contributed by atoms with Gasteiger partial charge in [-0.15, -0.1) is 0 Å². The van der Waals surface area contributed by atoms with E-state index in [4.69, 9.17) is 0 Å². The van der Waals surface area contributed by atoms with Crippen molar-refractivity contribution in [3.8, 4) is 0 Å². The summed E-state index contributed by atoms with van der Waals surface area (Å²) in [4.78, 5) is 4.66. The third-order valence-electron chi connectivity index (χ3n) is 4.31. The van der Waals surface area contributed by atoms with Gasteiger partial charge < -0.3 is 5.32 Å². The number of aryl methyl sites for hydroxylation is 1. The summed E-state index contributed by atoms with van der Waals surface area (Å²) < 4.78 is 0. The first-order valence-electron chi connectivity index (χ1n) is 7.31. The molecule has 1 aliphatic heterocycles. The van der Waals surface area contributed by atoms with Crippen LogP contribution in [0.4, 0.5) is 0 Å². The highest BCUT2D eigenvalue weighted by molar-refractivity contribution is 5.83. The molecule has 1 aromatic carbocycles. The highest BCUT2D eigenvalue weighted by Crippen LogP contribution is 2.36. The summed E-state index contributed by atoms with van der Waals surface area (Å²) in [7, 11) is 0. The molecular formula is C17H22N2. The van der Waals surface area contributed by atoms with Crippen LogP contribution in [-0.4, -0.2) is 17.1 Å². The van der Waals surface area contributed by atoms with E-state index in [2.05, 4.69) is 61.4 Å². The molecule has 2 heteroatoms. The summed E-state index contributed by atoms with van der Waals surface area (Å²) >= 11 is 0. The Morgan fingerprint density at radius 3 is 2.89 bits per heavy atom. The zero-order valence-corrected chi connectivity index (χ0v) is 12.0. The zero-order chi connectivity index (χ0) is 13.4. The van der Waals surface area contributed by atoms with Crippen LogP contribution in [0.1, 0.15) is 43.9 Å².